The first-order valence-corrected chi connectivity index (χ1v) is 14.8. The maximum absolute atomic E-state index is 14.1. The van der Waals surface area contributed by atoms with Crippen LogP contribution in [0.4, 0.5) is 0 Å². The van der Waals surface area contributed by atoms with Gasteiger partial charge in [0.1, 0.15) is 0 Å². The molecule has 0 aromatic carbocycles. The Kier molecular flexibility index (Phi) is 8.02. The molecule has 4 rings (SSSR count). The van der Waals surface area contributed by atoms with Gasteiger partial charge in [0.2, 0.25) is 5.78 Å². The van der Waals surface area contributed by atoms with E-state index in [0.717, 1.165) is 12.0 Å². The van der Waals surface area contributed by atoms with Gasteiger partial charge in [0.05, 0.1) is 10.3 Å². The maximum Gasteiger partial charge on any atom is 0.306 e. The normalized spacial score (nSPS) is 41.4. The summed E-state index contributed by atoms with van der Waals surface area (Å²) < 4.78 is 11.6. The van der Waals surface area contributed by atoms with Crippen molar-refractivity contribution in [3.63, 3.8) is 0 Å². The fraction of sp³-hybridized carbons (Fsp3) is 0.733. The van der Waals surface area contributed by atoms with Crippen molar-refractivity contribution in [2.75, 3.05) is 6.61 Å². The molecule has 0 aromatic heterocycles. The van der Waals surface area contributed by atoms with Crippen molar-refractivity contribution in [1.29, 1.82) is 0 Å². The average Bonchev–Trinajstić information content (AvgIpc) is 3.06. The first-order chi connectivity index (χ1) is 17.8. The lowest BCUT2D eigenvalue weighted by Crippen LogP contribution is -2.68. The molecule has 0 bridgehead atoms. The monoisotopic (exact) mass is 566 g/mol. The van der Waals surface area contributed by atoms with Crippen LogP contribution in [0.3, 0.4) is 0 Å². The van der Waals surface area contributed by atoms with Crippen LogP contribution in [0.5, 0.6) is 0 Å². The standard InChI is InChI=1S/C30H40Cl2O6/c1-6-8-25(35)37-17-24(34)30(38-26(36)9-7-2)18(3)14-22-21-11-10-19-15-20(33)12-13-27(19,4)29(21,32)23(31)16-28(22,30)5/h12-13,15,18,21-23H,6-11,14,16-17H2,1-5H3. The third-order valence-corrected chi connectivity index (χ3v) is 11.6. The van der Waals surface area contributed by atoms with Crippen LogP contribution in [0.25, 0.3) is 0 Å². The molecule has 0 spiro atoms. The van der Waals surface area contributed by atoms with Gasteiger partial charge < -0.3 is 9.47 Å². The number of allylic oxidation sites excluding steroid dienone is 4. The number of ketones is 2. The number of carbonyl (C=O) groups excluding carboxylic acids is 4. The molecular formula is C30H40Cl2O6. The van der Waals surface area contributed by atoms with Crippen LogP contribution in [0.1, 0.15) is 86.0 Å². The van der Waals surface area contributed by atoms with E-state index < -0.39 is 45.2 Å². The molecule has 0 N–H and O–H groups in total. The van der Waals surface area contributed by atoms with Gasteiger partial charge in [-0.15, -0.1) is 23.2 Å². The Morgan fingerprint density at radius 1 is 1.08 bits per heavy atom. The van der Waals surface area contributed by atoms with Crippen molar-refractivity contribution < 1.29 is 28.7 Å². The molecule has 8 atom stereocenters. The fourth-order valence-corrected chi connectivity index (χ4v) is 9.53. The number of Topliss-reactive ketones (excluding diaryl/α,β-unsaturated/α-hetero) is 1. The zero-order chi connectivity index (χ0) is 28.1. The quantitative estimate of drug-likeness (QED) is 0.260. The van der Waals surface area contributed by atoms with E-state index >= 15 is 0 Å². The number of hydrogen-bond acceptors (Lipinski definition) is 6. The minimum Gasteiger partial charge on any atom is -0.457 e. The number of ether oxygens (including phenoxy) is 2. The van der Waals surface area contributed by atoms with Crippen molar-refractivity contribution in [1.82, 2.24) is 0 Å². The van der Waals surface area contributed by atoms with Crippen LogP contribution in [0.15, 0.2) is 23.8 Å². The second kappa shape index (κ2) is 10.4. The fourth-order valence-electron chi connectivity index (χ4n) is 8.30. The first-order valence-electron chi connectivity index (χ1n) is 14.0. The van der Waals surface area contributed by atoms with Crippen LogP contribution in [0.2, 0.25) is 0 Å². The van der Waals surface area contributed by atoms with Crippen molar-refractivity contribution in [2.24, 2.45) is 28.6 Å². The Labute approximate surface area is 235 Å². The smallest absolute Gasteiger partial charge is 0.306 e. The van der Waals surface area contributed by atoms with Gasteiger partial charge in [-0.25, -0.2) is 0 Å². The molecule has 0 radical (unpaired) electrons. The van der Waals surface area contributed by atoms with Gasteiger partial charge in [-0.05, 0) is 62.5 Å². The molecule has 3 saturated carbocycles. The van der Waals surface area contributed by atoms with E-state index in [0.29, 0.717) is 32.1 Å². The zero-order valence-electron chi connectivity index (χ0n) is 23.1. The molecule has 6 nitrogen and oxygen atoms in total. The number of alkyl halides is 2. The van der Waals surface area contributed by atoms with Gasteiger partial charge in [-0.3, -0.25) is 19.2 Å². The second-order valence-electron chi connectivity index (χ2n) is 12.1. The Balaban J connectivity index is 1.77. The maximum atomic E-state index is 14.1. The van der Waals surface area contributed by atoms with Gasteiger partial charge in [-0.1, -0.05) is 46.3 Å². The lowest BCUT2D eigenvalue weighted by atomic mass is 9.46. The molecule has 0 aromatic rings. The summed E-state index contributed by atoms with van der Waals surface area (Å²) in [5, 5.41) is -0.563. The van der Waals surface area contributed by atoms with Crippen LogP contribution in [-0.2, 0) is 28.7 Å². The third-order valence-electron chi connectivity index (χ3n) is 10.1. The highest BCUT2D eigenvalue weighted by Crippen LogP contribution is 2.73. The van der Waals surface area contributed by atoms with Crippen LogP contribution >= 0.6 is 23.2 Å². The highest BCUT2D eigenvalue weighted by molar-refractivity contribution is 6.34. The van der Waals surface area contributed by atoms with Crippen molar-refractivity contribution in [3.8, 4) is 0 Å². The molecule has 8 unspecified atom stereocenters. The molecule has 0 saturated heterocycles. The molecule has 4 aliphatic rings. The Morgan fingerprint density at radius 2 is 1.74 bits per heavy atom. The molecule has 8 heteroatoms. The van der Waals surface area contributed by atoms with E-state index in [9.17, 15) is 19.2 Å². The molecule has 38 heavy (non-hydrogen) atoms. The third kappa shape index (κ3) is 4.11. The largest absolute Gasteiger partial charge is 0.457 e. The van der Waals surface area contributed by atoms with Crippen LogP contribution in [0, 0.1) is 28.6 Å². The average molecular weight is 568 g/mol. The predicted octanol–water partition coefficient (Wildman–Crippen LogP) is 6.11. The number of fused-ring (bicyclic) bond motifs is 5. The highest BCUT2D eigenvalue weighted by Gasteiger charge is 2.76. The summed E-state index contributed by atoms with van der Waals surface area (Å²) >= 11 is 14.9. The number of carbonyl (C=O) groups is 4. The summed E-state index contributed by atoms with van der Waals surface area (Å²) in [7, 11) is 0. The summed E-state index contributed by atoms with van der Waals surface area (Å²) in [5.41, 5.74) is -1.88. The second-order valence-corrected chi connectivity index (χ2v) is 13.3. The molecular weight excluding hydrogens is 527 g/mol. The van der Waals surface area contributed by atoms with Gasteiger partial charge in [0.25, 0.3) is 0 Å². The van der Waals surface area contributed by atoms with E-state index in [4.69, 9.17) is 32.7 Å². The lowest BCUT2D eigenvalue weighted by Gasteiger charge is -2.64. The van der Waals surface area contributed by atoms with E-state index in [1.54, 1.807) is 12.2 Å². The van der Waals surface area contributed by atoms with E-state index in [-0.39, 0.29) is 42.2 Å². The number of esters is 2. The topological polar surface area (TPSA) is 86.7 Å². The van der Waals surface area contributed by atoms with Crippen molar-refractivity contribution in [2.45, 2.75) is 102 Å². The number of halogens is 2. The number of rotatable bonds is 8. The van der Waals surface area contributed by atoms with Gasteiger partial charge in [0, 0.05) is 29.6 Å². The minimum absolute atomic E-state index is 0.0393. The molecule has 3 fully saturated rings. The van der Waals surface area contributed by atoms with E-state index in [1.165, 1.54) is 0 Å². The Bertz CT molecular complexity index is 1080. The van der Waals surface area contributed by atoms with E-state index in [2.05, 4.69) is 6.92 Å². The molecule has 210 valence electrons. The van der Waals surface area contributed by atoms with E-state index in [1.807, 2.05) is 33.8 Å². The van der Waals surface area contributed by atoms with Crippen molar-refractivity contribution >= 4 is 46.7 Å². The molecule has 4 aliphatic carbocycles. The first kappa shape index (κ1) is 29.3. The van der Waals surface area contributed by atoms with Gasteiger partial charge in [-0.2, -0.15) is 0 Å². The van der Waals surface area contributed by atoms with Gasteiger partial charge >= 0.3 is 11.9 Å². The Morgan fingerprint density at radius 3 is 2.39 bits per heavy atom. The predicted molar refractivity (Wildman–Crippen MR) is 146 cm³/mol. The van der Waals surface area contributed by atoms with Crippen LogP contribution < -0.4 is 0 Å². The summed E-state index contributed by atoms with van der Waals surface area (Å²) in [5.74, 6) is -1.75. The molecule has 0 amide bonds. The number of hydrogen-bond donors (Lipinski definition) is 0. The minimum atomic E-state index is -1.48. The molecule has 0 aliphatic heterocycles. The lowest BCUT2D eigenvalue weighted by molar-refractivity contribution is -0.196. The van der Waals surface area contributed by atoms with Crippen LogP contribution in [-0.4, -0.2) is 46.0 Å². The van der Waals surface area contributed by atoms with Crippen molar-refractivity contribution in [3.05, 3.63) is 23.8 Å². The summed E-state index contributed by atoms with van der Waals surface area (Å²) in [6, 6.07) is 0. The Hall–Kier alpha value is -1.66. The SMILES string of the molecule is CCCC(=O)OCC(=O)C1(OC(=O)CCC)C(C)CC2C3CCC4=CC(=O)C=CC4(C)C3(Cl)C(Cl)CC21C. The molecule has 0 heterocycles. The zero-order valence-corrected chi connectivity index (χ0v) is 24.6. The summed E-state index contributed by atoms with van der Waals surface area (Å²) in [6.45, 7) is 9.33. The van der Waals surface area contributed by atoms with Gasteiger partial charge in [0.15, 0.2) is 18.0 Å². The highest BCUT2D eigenvalue weighted by atomic mass is 35.5. The summed E-state index contributed by atoms with van der Waals surface area (Å²) in [6.07, 6.45) is 9.21. The summed E-state index contributed by atoms with van der Waals surface area (Å²) in [4.78, 5) is 50.6.